The predicted molar refractivity (Wildman–Crippen MR) is 76.2 cm³/mol. The molecule has 0 saturated heterocycles. The van der Waals surface area contributed by atoms with Crippen LogP contribution in [0, 0.1) is 0 Å². The molecule has 92 valence electrons. The van der Waals surface area contributed by atoms with Crippen LogP contribution in [0.25, 0.3) is 16.6 Å². The molecular weight excluding hydrogens is 234 g/mol. The van der Waals surface area contributed by atoms with Crippen molar-refractivity contribution in [2.75, 3.05) is 0 Å². The first-order chi connectivity index (χ1) is 9.40. The van der Waals surface area contributed by atoms with Crippen molar-refractivity contribution >= 4 is 16.6 Å². The van der Waals surface area contributed by atoms with E-state index in [-0.39, 0.29) is 0 Å². The molecule has 3 nitrogen and oxygen atoms in total. The topological polar surface area (TPSA) is 22.2 Å². The Morgan fingerprint density at radius 2 is 1.79 bits per heavy atom. The molecule has 0 spiro atoms. The van der Waals surface area contributed by atoms with Crippen LogP contribution in [0.1, 0.15) is 5.69 Å². The van der Waals surface area contributed by atoms with Crippen LogP contribution in [-0.4, -0.2) is 14.0 Å². The Morgan fingerprint density at radius 3 is 2.74 bits per heavy atom. The molecule has 0 bridgehead atoms. The molecule has 4 aromatic rings. The van der Waals surface area contributed by atoms with E-state index >= 15 is 0 Å². The SMILES string of the molecule is c1ccc2c(c1)ccn2Cc1cn2ccccc2n1. The van der Waals surface area contributed by atoms with Gasteiger partial charge in [0.15, 0.2) is 0 Å². The number of hydrogen-bond donors (Lipinski definition) is 0. The molecule has 3 aromatic heterocycles. The lowest BCUT2D eigenvalue weighted by atomic mass is 10.2. The van der Waals surface area contributed by atoms with Crippen molar-refractivity contribution in [2.45, 2.75) is 6.54 Å². The highest BCUT2D eigenvalue weighted by Crippen LogP contribution is 2.16. The van der Waals surface area contributed by atoms with Crippen LogP contribution in [-0.2, 0) is 6.54 Å². The minimum Gasteiger partial charge on any atom is -0.341 e. The van der Waals surface area contributed by atoms with Crippen LogP contribution in [0.2, 0.25) is 0 Å². The number of imidazole rings is 1. The van der Waals surface area contributed by atoms with Crippen molar-refractivity contribution in [1.82, 2.24) is 14.0 Å². The monoisotopic (exact) mass is 247 g/mol. The average Bonchev–Trinajstić information content (AvgIpc) is 3.03. The number of hydrogen-bond acceptors (Lipinski definition) is 1. The Hall–Kier alpha value is -2.55. The summed E-state index contributed by atoms with van der Waals surface area (Å²) in [5.41, 5.74) is 3.32. The van der Waals surface area contributed by atoms with Gasteiger partial charge in [-0.2, -0.15) is 0 Å². The molecule has 0 amide bonds. The van der Waals surface area contributed by atoms with E-state index in [0.29, 0.717) is 0 Å². The van der Waals surface area contributed by atoms with Crippen LogP contribution in [0.4, 0.5) is 0 Å². The summed E-state index contributed by atoms with van der Waals surface area (Å²) < 4.78 is 4.29. The molecule has 0 radical (unpaired) electrons. The fourth-order valence-electron chi connectivity index (χ4n) is 2.52. The summed E-state index contributed by atoms with van der Waals surface area (Å²) in [6.07, 6.45) is 6.23. The van der Waals surface area contributed by atoms with Crippen molar-refractivity contribution in [3.8, 4) is 0 Å². The minimum atomic E-state index is 0.801. The van der Waals surface area contributed by atoms with Gasteiger partial charge in [-0.3, -0.25) is 0 Å². The van der Waals surface area contributed by atoms with E-state index in [0.717, 1.165) is 17.9 Å². The van der Waals surface area contributed by atoms with Crippen LogP contribution >= 0.6 is 0 Å². The van der Waals surface area contributed by atoms with Gasteiger partial charge in [0, 0.05) is 24.1 Å². The highest BCUT2D eigenvalue weighted by Gasteiger charge is 2.04. The molecular formula is C16H13N3. The minimum absolute atomic E-state index is 0.801. The third-order valence-electron chi connectivity index (χ3n) is 3.43. The summed E-state index contributed by atoms with van der Waals surface area (Å²) in [5.74, 6) is 0. The molecule has 19 heavy (non-hydrogen) atoms. The van der Waals surface area contributed by atoms with Crippen LogP contribution in [0.15, 0.2) is 67.1 Å². The van der Waals surface area contributed by atoms with Crippen LogP contribution in [0.5, 0.6) is 0 Å². The summed E-state index contributed by atoms with van der Waals surface area (Å²) in [6, 6.07) is 16.6. The van der Waals surface area contributed by atoms with Gasteiger partial charge in [-0.1, -0.05) is 24.3 Å². The zero-order valence-corrected chi connectivity index (χ0v) is 10.4. The van der Waals surface area contributed by atoms with Gasteiger partial charge >= 0.3 is 0 Å². The third-order valence-corrected chi connectivity index (χ3v) is 3.43. The summed E-state index contributed by atoms with van der Waals surface area (Å²) in [6.45, 7) is 0.801. The van der Waals surface area contributed by atoms with Gasteiger partial charge in [-0.25, -0.2) is 4.98 Å². The highest BCUT2D eigenvalue weighted by atomic mass is 15.0. The smallest absolute Gasteiger partial charge is 0.137 e. The summed E-state index contributed by atoms with van der Waals surface area (Å²) in [7, 11) is 0. The Morgan fingerprint density at radius 1 is 0.895 bits per heavy atom. The fourth-order valence-corrected chi connectivity index (χ4v) is 2.52. The zero-order valence-electron chi connectivity index (χ0n) is 10.4. The van der Waals surface area contributed by atoms with Gasteiger partial charge in [-0.15, -0.1) is 0 Å². The molecule has 1 aromatic carbocycles. The van der Waals surface area contributed by atoms with E-state index in [4.69, 9.17) is 0 Å². The molecule has 0 aliphatic rings. The maximum absolute atomic E-state index is 4.64. The molecule has 0 N–H and O–H groups in total. The Balaban J connectivity index is 1.78. The molecule has 0 saturated carbocycles. The number of benzene rings is 1. The maximum atomic E-state index is 4.64. The molecule has 0 atom stereocenters. The van der Waals surface area contributed by atoms with E-state index in [2.05, 4.69) is 56.7 Å². The van der Waals surface area contributed by atoms with Gasteiger partial charge in [0.05, 0.1) is 12.2 Å². The predicted octanol–water partition coefficient (Wildman–Crippen LogP) is 3.34. The van der Waals surface area contributed by atoms with Crippen LogP contribution in [0.3, 0.4) is 0 Å². The van der Waals surface area contributed by atoms with Gasteiger partial charge < -0.3 is 8.97 Å². The first-order valence-corrected chi connectivity index (χ1v) is 6.37. The first kappa shape index (κ1) is 10.4. The van der Waals surface area contributed by atoms with E-state index in [9.17, 15) is 0 Å². The highest BCUT2D eigenvalue weighted by molar-refractivity contribution is 5.79. The molecule has 0 fully saturated rings. The van der Waals surface area contributed by atoms with E-state index in [1.165, 1.54) is 10.9 Å². The lowest BCUT2D eigenvalue weighted by molar-refractivity contribution is 0.815. The molecule has 0 unspecified atom stereocenters. The van der Waals surface area contributed by atoms with Crippen LogP contribution < -0.4 is 0 Å². The van der Waals surface area contributed by atoms with Crippen molar-refractivity contribution in [2.24, 2.45) is 0 Å². The van der Waals surface area contributed by atoms with Crippen molar-refractivity contribution in [3.05, 3.63) is 72.8 Å². The average molecular weight is 247 g/mol. The van der Waals surface area contributed by atoms with E-state index < -0.39 is 0 Å². The van der Waals surface area contributed by atoms with Gasteiger partial charge in [0.1, 0.15) is 5.65 Å². The molecule has 0 aliphatic heterocycles. The number of nitrogens with zero attached hydrogens (tertiary/aromatic N) is 3. The molecule has 0 aliphatic carbocycles. The standard InChI is InChI=1S/C16H13N3/c1-2-6-15-13(5-1)8-10-18(15)11-14-12-19-9-4-3-7-16(19)17-14/h1-10,12H,11H2. The Labute approximate surface area is 110 Å². The quantitative estimate of drug-likeness (QED) is 0.532. The number of rotatable bonds is 2. The number of fused-ring (bicyclic) bond motifs is 2. The summed E-state index contributed by atoms with van der Waals surface area (Å²) in [4.78, 5) is 4.64. The Bertz CT molecular complexity index is 821. The second-order valence-electron chi connectivity index (χ2n) is 4.70. The van der Waals surface area contributed by atoms with E-state index in [1.807, 2.05) is 24.4 Å². The number of para-hydroxylation sites is 1. The largest absolute Gasteiger partial charge is 0.341 e. The summed E-state index contributed by atoms with van der Waals surface area (Å²) in [5, 5.41) is 1.27. The van der Waals surface area contributed by atoms with Gasteiger partial charge in [0.2, 0.25) is 0 Å². The maximum Gasteiger partial charge on any atom is 0.137 e. The Kier molecular flexibility index (Phi) is 2.18. The van der Waals surface area contributed by atoms with Gasteiger partial charge in [0.25, 0.3) is 0 Å². The number of pyridine rings is 1. The first-order valence-electron chi connectivity index (χ1n) is 6.37. The van der Waals surface area contributed by atoms with Crippen molar-refractivity contribution in [1.29, 1.82) is 0 Å². The third kappa shape index (κ3) is 1.71. The lowest BCUT2D eigenvalue weighted by Crippen LogP contribution is -1.97. The fraction of sp³-hybridized carbons (Fsp3) is 0.0625. The van der Waals surface area contributed by atoms with Crippen molar-refractivity contribution in [3.63, 3.8) is 0 Å². The second kappa shape index (κ2) is 3.99. The van der Waals surface area contributed by atoms with E-state index in [1.54, 1.807) is 0 Å². The molecule has 4 rings (SSSR count). The summed E-state index contributed by atoms with van der Waals surface area (Å²) >= 11 is 0. The molecule has 3 heterocycles. The van der Waals surface area contributed by atoms with Crippen molar-refractivity contribution < 1.29 is 0 Å². The molecule has 3 heteroatoms. The zero-order chi connectivity index (χ0) is 12.7. The number of aromatic nitrogens is 3. The lowest BCUT2D eigenvalue weighted by Gasteiger charge is -2.01. The second-order valence-corrected chi connectivity index (χ2v) is 4.70. The van der Waals surface area contributed by atoms with Gasteiger partial charge in [-0.05, 0) is 29.7 Å². The normalized spacial score (nSPS) is 11.4.